The van der Waals surface area contributed by atoms with Crippen molar-refractivity contribution >= 4 is 38.9 Å². The number of carbonyl (C=O) groups excluding carboxylic acids is 2. The fourth-order valence-electron chi connectivity index (χ4n) is 6.26. The van der Waals surface area contributed by atoms with E-state index in [0.717, 1.165) is 25.5 Å². The van der Waals surface area contributed by atoms with Crippen LogP contribution in [0.3, 0.4) is 0 Å². The molecule has 8 nitrogen and oxygen atoms in total. The molecule has 13 heteroatoms. The van der Waals surface area contributed by atoms with Crippen LogP contribution in [0.1, 0.15) is 42.5 Å². The second-order valence-corrected chi connectivity index (χ2v) is 13.6. The lowest BCUT2D eigenvalue weighted by Crippen LogP contribution is -2.66. The molecule has 3 aliphatic carbocycles. The average molecular weight is 600 g/mol. The molecule has 3 N–H and O–H groups in total. The van der Waals surface area contributed by atoms with Gasteiger partial charge in [-0.15, -0.1) is 0 Å². The highest BCUT2D eigenvalue weighted by atomic mass is 35.5. The Labute approximate surface area is 234 Å². The van der Waals surface area contributed by atoms with Crippen molar-refractivity contribution in [1.29, 1.82) is 0 Å². The number of benzene rings is 2. The molecule has 2 bridgehead atoms. The van der Waals surface area contributed by atoms with E-state index in [2.05, 4.69) is 10.6 Å². The summed E-state index contributed by atoms with van der Waals surface area (Å²) in [5.74, 6) is -6.34. The first-order valence-corrected chi connectivity index (χ1v) is 14.9. The maximum absolute atomic E-state index is 13.6. The van der Waals surface area contributed by atoms with Crippen LogP contribution in [0.15, 0.2) is 35.2 Å². The molecular formula is C27H29ClF3N3O5S. The van der Waals surface area contributed by atoms with Crippen molar-refractivity contribution < 1.29 is 36.3 Å². The Balaban J connectivity index is 1.27. The fraction of sp³-hybridized carbons (Fsp3) is 0.481. The van der Waals surface area contributed by atoms with E-state index in [4.69, 9.17) is 11.6 Å². The Morgan fingerprint density at radius 2 is 1.75 bits per heavy atom. The minimum absolute atomic E-state index is 0.0548. The van der Waals surface area contributed by atoms with Gasteiger partial charge in [0.2, 0.25) is 5.91 Å². The monoisotopic (exact) mass is 599 g/mol. The quantitative estimate of drug-likeness (QED) is 0.420. The molecule has 0 aromatic heterocycles. The Morgan fingerprint density at radius 1 is 1.10 bits per heavy atom. The molecule has 0 radical (unpaired) electrons. The molecule has 4 fully saturated rings. The van der Waals surface area contributed by atoms with Crippen molar-refractivity contribution in [3.8, 4) is 0 Å². The van der Waals surface area contributed by atoms with E-state index in [9.17, 15) is 36.3 Å². The third-order valence-corrected chi connectivity index (χ3v) is 11.3. The van der Waals surface area contributed by atoms with Crippen LogP contribution in [-0.4, -0.2) is 67.3 Å². The number of aliphatic hydroxyl groups is 1. The molecule has 4 aliphatic rings. The van der Waals surface area contributed by atoms with Crippen molar-refractivity contribution in [2.75, 3.05) is 25.5 Å². The highest BCUT2D eigenvalue weighted by Crippen LogP contribution is 2.55. The third-order valence-electron chi connectivity index (χ3n) is 8.63. The zero-order valence-electron chi connectivity index (χ0n) is 21.6. The number of fused-ring (bicyclic) bond motifs is 2. The van der Waals surface area contributed by atoms with Crippen LogP contribution in [0.2, 0.25) is 5.02 Å². The molecule has 2 unspecified atom stereocenters. The standard InChI is InChI=1S/C27H29ClF3N3O5S/c1-34-6-2-3-22(34)26(36)32-13-27(37)15-8-16(27)10-18(9-15)40(38,39)23-7-14(4-5-19(23)28)25(35)33-17-11-20(29)24(31)21(30)12-17/h4-5,7,11-12,15-16,18,22,37H,2-3,6,8-10,13H2,1H3,(H,32,36)(H,33,35)/t15?,16?,18?,22-,27?/m1/s1. The summed E-state index contributed by atoms with van der Waals surface area (Å²) in [6, 6.07) is 4.57. The number of nitrogens with one attached hydrogen (secondary N) is 2. The minimum atomic E-state index is -4.03. The number of likely N-dealkylation sites (tertiary alicyclic amines) is 1. The number of sulfone groups is 1. The molecule has 1 heterocycles. The van der Waals surface area contributed by atoms with Crippen LogP contribution in [0.25, 0.3) is 0 Å². The van der Waals surface area contributed by atoms with E-state index >= 15 is 0 Å². The van der Waals surface area contributed by atoms with Gasteiger partial charge in [-0.3, -0.25) is 14.5 Å². The number of anilines is 1. The fourth-order valence-corrected chi connectivity index (χ4v) is 8.66. The minimum Gasteiger partial charge on any atom is -0.387 e. The van der Waals surface area contributed by atoms with Gasteiger partial charge < -0.3 is 15.7 Å². The maximum atomic E-state index is 13.6. The normalized spacial score (nSPS) is 28.1. The van der Waals surface area contributed by atoms with E-state index in [-0.39, 0.29) is 64.3 Å². The first kappa shape index (κ1) is 28.8. The van der Waals surface area contributed by atoms with Crippen molar-refractivity contribution in [3.05, 3.63) is 58.4 Å². The maximum Gasteiger partial charge on any atom is 0.255 e. The van der Waals surface area contributed by atoms with Gasteiger partial charge in [0.05, 0.1) is 26.8 Å². The first-order valence-electron chi connectivity index (χ1n) is 13.0. The summed E-state index contributed by atoms with van der Waals surface area (Å²) in [5, 5.41) is 15.4. The number of likely N-dealkylation sites (N-methyl/N-ethyl adjacent to an activating group) is 1. The third kappa shape index (κ3) is 5.10. The van der Waals surface area contributed by atoms with Crippen molar-refractivity contribution in [1.82, 2.24) is 10.2 Å². The van der Waals surface area contributed by atoms with Crippen LogP contribution in [0.4, 0.5) is 18.9 Å². The van der Waals surface area contributed by atoms with Gasteiger partial charge in [0.1, 0.15) is 0 Å². The molecule has 216 valence electrons. The van der Waals surface area contributed by atoms with Crippen LogP contribution < -0.4 is 10.6 Å². The zero-order chi connectivity index (χ0) is 29.0. The van der Waals surface area contributed by atoms with E-state index in [1.165, 1.54) is 12.1 Å². The van der Waals surface area contributed by atoms with Gasteiger partial charge in [-0.25, -0.2) is 21.6 Å². The smallest absolute Gasteiger partial charge is 0.255 e. The van der Waals surface area contributed by atoms with Crippen molar-refractivity contribution in [2.45, 2.75) is 53.9 Å². The van der Waals surface area contributed by atoms with Crippen LogP contribution in [0.5, 0.6) is 0 Å². The van der Waals surface area contributed by atoms with Crippen LogP contribution in [0, 0.1) is 29.3 Å². The summed E-state index contributed by atoms with van der Waals surface area (Å²) >= 11 is 6.23. The summed E-state index contributed by atoms with van der Waals surface area (Å²) in [6.45, 7) is 0.890. The zero-order valence-corrected chi connectivity index (χ0v) is 23.2. The van der Waals surface area contributed by atoms with E-state index < -0.39 is 44.0 Å². The van der Waals surface area contributed by atoms with E-state index in [1.807, 2.05) is 11.9 Å². The van der Waals surface area contributed by atoms with Crippen molar-refractivity contribution in [2.24, 2.45) is 11.8 Å². The second kappa shape index (κ2) is 10.6. The van der Waals surface area contributed by atoms with Gasteiger partial charge in [-0.2, -0.15) is 0 Å². The summed E-state index contributed by atoms with van der Waals surface area (Å²) < 4.78 is 67.5. The van der Waals surface area contributed by atoms with Gasteiger partial charge in [-0.05, 0) is 75.7 Å². The first-order chi connectivity index (χ1) is 18.8. The SMILES string of the molecule is CN1CCC[C@@H]1C(=O)NCC1(O)C2CC1CC(S(=O)(=O)c1cc(C(=O)Nc3cc(F)c(F)c(F)c3)ccc1Cl)C2. The largest absolute Gasteiger partial charge is 0.387 e. The Kier molecular flexibility index (Phi) is 7.66. The molecule has 2 amide bonds. The molecule has 6 rings (SSSR count). The van der Waals surface area contributed by atoms with Gasteiger partial charge >= 0.3 is 0 Å². The lowest BCUT2D eigenvalue weighted by molar-refractivity contribution is -0.174. The Hall–Kier alpha value is -2.67. The number of hydrogen-bond donors (Lipinski definition) is 3. The van der Waals surface area contributed by atoms with Gasteiger partial charge in [-0.1, -0.05) is 11.6 Å². The molecule has 3 atom stereocenters. The summed E-state index contributed by atoms with van der Waals surface area (Å²) in [4.78, 5) is 27.0. The predicted octanol–water partition coefficient (Wildman–Crippen LogP) is 3.52. The van der Waals surface area contributed by atoms with Gasteiger partial charge in [0.25, 0.3) is 5.91 Å². The molecule has 1 saturated heterocycles. The predicted molar refractivity (Wildman–Crippen MR) is 141 cm³/mol. The number of rotatable bonds is 7. The molecule has 0 spiro atoms. The lowest BCUT2D eigenvalue weighted by atomic mass is 9.53. The summed E-state index contributed by atoms with van der Waals surface area (Å²) in [6.07, 6.45) is 2.65. The highest BCUT2D eigenvalue weighted by Gasteiger charge is 2.60. The lowest BCUT2D eigenvalue weighted by Gasteiger charge is -2.58. The second-order valence-electron chi connectivity index (χ2n) is 11.0. The molecule has 1 aliphatic heterocycles. The Bertz CT molecular complexity index is 1440. The van der Waals surface area contributed by atoms with Crippen molar-refractivity contribution in [3.63, 3.8) is 0 Å². The summed E-state index contributed by atoms with van der Waals surface area (Å²) in [5.41, 5.74) is -1.67. The number of hydrogen-bond acceptors (Lipinski definition) is 6. The van der Waals surface area contributed by atoms with E-state index in [1.54, 1.807) is 0 Å². The van der Waals surface area contributed by atoms with Crippen LogP contribution >= 0.6 is 11.6 Å². The average Bonchev–Trinajstić information content (AvgIpc) is 3.36. The number of amides is 2. The van der Waals surface area contributed by atoms with Gasteiger partial charge in [0.15, 0.2) is 27.3 Å². The molecule has 2 aromatic rings. The molecule has 2 aromatic carbocycles. The molecule has 40 heavy (non-hydrogen) atoms. The van der Waals surface area contributed by atoms with Crippen LogP contribution in [-0.2, 0) is 14.6 Å². The molecule has 3 saturated carbocycles. The number of halogens is 4. The number of nitrogens with zero attached hydrogens (tertiary/aromatic N) is 1. The van der Waals surface area contributed by atoms with E-state index in [0.29, 0.717) is 18.6 Å². The van der Waals surface area contributed by atoms with Gasteiger partial charge in [0, 0.05) is 29.9 Å². The summed E-state index contributed by atoms with van der Waals surface area (Å²) in [7, 11) is -2.15. The molecular weight excluding hydrogens is 571 g/mol. The number of carbonyl (C=O) groups is 2. The highest BCUT2D eigenvalue weighted by molar-refractivity contribution is 7.92. The topological polar surface area (TPSA) is 116 Å². The Morgan fingerprint density at radius 3 is 2.35 bits per heavy atom.